The van der Waals surface area contributed by atoms with Gasteiger partial charge >= 0.3 is 0 Å². The molecule has 7 nitrogen and oxygen atoms in total. The van der Waals surface area contributed by atoms with Crippen molar-refractivity contribution < 1.29 is 4.79 Å². The van der Waals surface area contributed by atoms with Crippen molar-refractivity contribution in [2.45, 2.75) is 31.3 Å². The molecule has 2 fully saturated rings. The molecule has 2 aliphatic heterocycles. The van der Waals surface area contributed by atoms with Gasteiger partial charge in [-0.3, -0.25) is 4.79 Å². The van der Waals surface area contributed by atoms with Gasteiger partial charge in [-0.05, 0) is 49.1 Å². The van der Waals surface area contributed by atoms with Crippen LogP contribution >= 0.6 is 11.3 Å². The van der Waals surface area contributed by atoms with Gasteiger partial charge in [0.05, 0.1) is 5.69 Å². The number of piperazine rings is 1. The van der Waals surface area contributed by atoms with Crippen molar-refractivity contribution in [2.24, 2.45) is 0 Å². The highest BCUT2D eigenvalue weighted by atomic mass is 32.1. The first-order valence-corrected chi connectivity index (χ1v) is 11.7. The topological polar surface area (TPSA) is 95.3 Å². The fraction of sp³-hybridized carbons (Fsp3) is 0.391. The monoisotopic (exact) mass is 436 g/mol. The molecule has 2 aliphatic rings. The van der Waals surface area contributed by atoms with Gasteiger partial charge in [0.15, 0.2) is 0 Å². The van der Waals surface area contributed by atoms with Crippen LogP contribution in [0.1, 0.15) is 28.1 Å². The van der Waals surface area contributed by atoms with E-state index in [9.17, 15) is 4.79 Å². The van der Waals surface area contributed by atoms with Crippen LogP contribution < -0.4 is 26.6 Å². The Morgan fingerprint density at radius 3 is 2.65 bits per heavy atom. The first-order chi connectivity index (χ1) is 15.1. The number of nitrogens with zero attached hydrogens (tertiary/aromatic N) is 2. The summed E-state index contributed by atoms with van der Waals surface area (Å²) in [5, 5.41) is 10.8. The number of anilines is 3. The van der Waals surface area contributed by atoms with Crippen LogP contribution in [0.4, 0.5) is 17.2 Å². The van der Waals surface area contributed by atoms with Crippen LogP contribution in [0, 0.1) is 0 Å². The van der Waals surface area contributed by atoms with Crippen molar-refractivity contribution in [3.63, 3.8) is 0 Å². The molecule has 0 unspecified atom stereocenters. The minimum atomic E-state index is -0.0844. The van der Waals surface area contributed by atoms with E-state index >= 15 is 0 Å². The van der Waals surface area contributed by atoms with E-state index in [2.05, 4.69) is 50.1 Å². The first kappa shape index (κ1) is 20.1. The highest BCUT2D eigenvalue weighted by Crippen LogP contribution is 2.35. The van der Waals surface area contributed by atoms with Crippen molar-refractivity contribution in [2.75, 3.05) is 42.6 Å². The predicted octanol–water partition coefficient (Wildman–Crippen LogP) is 2.83. The summed E-state index contributed by atoms with van der Waals surface area (Å²) >= 11 is 1.36. The highest BCUT2D eigenvalue weighted by Gasteiger charge is 2.32. The van der Waals surface area contributed by atoms with Crippen LogP contribution in [0.15, 0.2) is 36.4 Å². The van der Waals surface area contributed by atoms with Crippen LogP contribution in [0.3, 0.4) is 0 Å². The van der Waals surface area contributed by atoms with Crippen LogP contribution in [0.25, 0.3) is 10.2 Å². The molecule has 2 bridgehead atoms. The van der Waals surface area contributed by atoms with E-state index in [-0.39, 0.29) is 5.91 Å². The largest absolute Gasteiger partial charge is 0.386 e. The molecule has 1 amide bonds. The molecular formula is C23H28N6OS. The van der Waals surface area contributed by atoms with E-state index in [1.54, 1.807) is 6.07 Å². The molecule has 5 N–H and O–H groups in total. The second-order valence-corrected chi connectivity index (χ2v) is 9.36. The summed E-state index contributed by atoms with van der Waals surface area (Å²) in [6.07, 6.45) is 3.37. The van der Waals surface area contributed by atoms with Gasteiger partial charge in [-0.1, -0.05) is 12.1 Å². The van der Waals surface area contributed by atoms with Crippen LogP contribution in [-0.2, 0) is 6.42 Å². The van der Waals surface area contributed by atoms with E-state index < -0.39 is 0 Å². The normalized spacial score (nSPS) is 20.2. The number of hydrogen-bond donors (Lipinski definition) is 4. The zero-order valence-corrected chi connectivity index (χ0v) is 18.5. The Kier molecular flexibility index (Phi) is 5.41. The number of nitrogens with two attached hydrogens (primary N) is 1. The lowest BCUT2D eigenvalue weighted by molar-refractivity contribution is 0.0959. The summed E-state index contributed by atoms with van der Waals surface area (Å²) in [7, 11) is 1.82. The van der Waals surface area contributed by atoms with E-state index in [1.165, 1.54) is 35.4 Å². The third kappa shape index (κ3) is 4.05. The van der Waals surface area contributed by atoms with E-state index in [0.29, 0.717) is 29.3 Å². The smallest absolute Gasteiger partial charge is 0.263 e. The number of nitrogen functional groups attached to an aromatic ring is 1. The lowest BCUT2D eigenvalue weighted by Gasteiger charge is -2.34. The Bertz CT molecular complexity index is 1080. The molecule has 0 aliphatic carbocycles. The Balaban J connectivity index is 1.19. The third-order valence-electron chi connectivity index (χ3n) is 6.25. The zero-order chi connectivity index (χ0) is 21.4. The summed E-state index contributed by atoms with van der Waals surface area (Å²) in [5.74, 6) is 0.374. The minimum absolute atomic E-state index is 0.0844. The molecule has 2 saturated heterocycles. The molecule has 162 valence electrons. The lowest BCUT2D eigenvalue weighted by atomic mass is 10.1. The zero-order valence-electron chi connectivity index (χ0n) is 17.6. The Morgan fingerprint density at radius 1 is 1.19 bits per heavy atom. The fourth-order valence-corrected chi connectivity index (χ4v) is 5.79. The predicted molar refractivity (Wildman–Crippen MR) is 128 cm³/mol. The molecule has 31 heavy (non-hydrogen) atoms. The van der Waals surface area contributed by atoms with Gasteiger partial charge < -0.3 is 26.6 Å². The number of carbonyl (C=O) groups is 1. The molecule has 8 heteroatoms. The van der Waals surface area contributed by atoms with E-state index in [0.717, 1.165) is 35.4 Å². The van der Waals surface area contributed by atoms with Gasteiger partial charge in [-0.2, -0.15) is 0 Å². The van der Waals surface area contributed by atoms with Crippen LogP contribution in [-0.4, -0.2) is 49.7 Å². The SMILES string of the molecule is CNc1c(C(=O)NCCc2ccc(N3C[C@H]4CC[C@@H](C3)N4)cc2)sc2nc(N)ccc12. The molecule has 4 heterocycles. The fourth-order valence-electron chi connectivity index (χ4n) is 4.68. The van der Waals surface area contributed by atoms with Gasteiger partial charge in [-0.15, -0.1) is 11.3 Å². The van der Waals surface area contributed by atoms with Gasteiger partial charge in [0.2, 0.25) is 0 Å². The summed E-state index contributed by atoms with van der Waals surface area (Å²) in [6, 6.07) is 13.7. The van der Waals surface area contributed by atoms with Crippen molar-refractivity contribution >= 4 is 44.7 Å². The number of hydrogen-bond acceptors (Lipinski definition) is 7. The van der Waals surface area contributed by atoms with Crippen LogP contribution in [0.2, 0.25) is 0 Å². The van der Waals surface area contributed by atoms with E-state index in [1.807, 2.05) is 13.1 Å². The number of thiophene rings is 1. The van der Waals surface area contributed by atoms with Gasteiger partial charge in [0, 0.05) is 49.8 Å². The first-order valence-electron chi connectivity index (χ1n) is 10.9. The van der Waals surface area contributed by atoms with E-state index in [4.69, 9.17) is 5.73 Å². The molecule has 0 saturated carbocycles. The standard InChI is InChI=1S/C23H28N6OS/c1-25-20-18-8-9-19(24)28-23(18)31-21(20)22(30)26-11-10-14-2-6-17(7-3-14)29-12-15-4-5-16(13-29)27-15/h2-3,6-9,15-16,25,27H,4-5,10-13H2,1H3,(H2,24,28)(H,26,30)/t15-,16+. The number of benzene rings is 1. The molecule has 3 aromatic rings. The molecule has 2 atom stereocenters. The Morgan fingerprint density at radius 2 is 1.94 bits per heavy atom. The van der Waals surface area contributed by atoms with Crippen molar-refractivity contribution in [3.05, 3.63) is 46.8 Å². The molecular weight excluding hydrogens is 408 g/mol. The average Bonchev–Trinajstić information content (AvgIpc) is 3.32. The maximum absolute atomic E-state index is 12.8. The second-order valence-electron chi connectivity index (χ2n) is 8.36. The van der Waals surface area contributed by atoms with Crippen molar-refractivity contribution in [1.29, 1.82) is 0 Å². The quantitative estimate of drug-likeness (QED) is 0.475. The second kappa shape index (κ2) is 8.36. The van der Waals surface area contributed by atoms with Gasteiger partial charge in [0.1, 0.15) is 15.5 Å². The average molecular weight is 437 g/mol. The summed E-state index contributed by atoms with van der Waals surface area (Å²) in [4.78, 5) is 21.0. The summed E-state index contributed by atoms with van der Waals surface area (Å²) in [5.41, 5.74) is 9.11. The molecule has 0 spiro atoms. The summed E-state index contributed by atoms with van der Waals surface area (Å²) in [6.45, 7) is 2.77. The van der Waals surface area contributed by atoms with Gasteiger partial charge in [-0.25, -0.2) is 4.98 Å². The number of fused-ring (bicyclic) bond motifs is 3. The minimum Gasteiger partial charge on any atom is -0.386 e. The maximum Gasteiger partial charge on any atom is 0.263 e. The van der Waals surface area contributed by atoms with Gasteiger partial charge in [0.25, 0.3) is 5.91 Å². The molecule has 5 rings (SSSR count). The number of rotatable bonds is 6. The highest BCUT2D eigenvalue weighted by molar-refractivity contribution is 7.21. The van der Waals surface area contributed by atoms with Crippen molar-refractivity contribution in [3.8, 4) is 0 Å². The third-order valence-corrected chi connectivity index (χ3v) is 7.35. The van der Waals surface area contributed by atoms with Crippen LogP contribution in [0.5, 0.6) is 0 Å². The molecule has 2 aromatic heterocycles. The number of amides is 1. The molecule has 0 radical (unpaired) electrons. The summed E-state index contributed by atoms with van der Waals surface area (Å²) < 4.78 is 0. The lowest BCUT2D eigenvalue weighted by Crippen LogP contribution is -2.51. The number of nitrogens with one attached hydrogen (secondary N) is 3. The molecule has 1 aromatic carbocycles. The van der Waals surface area contributed by atoms with Crippen molar-refractivity contribution in [1.82, 2.24) is 15.6 Å². The Labute approximate surface area is 186 Å². The number of aromatic nitrogens is 1. The maximum atomic E-state index is 12.8. The Hall–Kier alpha value is -2.84. The number of pyridine rings is 1. The number of carbonyl (C=O) groups excluding carboxylic acids is 1.